The highest BCUT2D eigenvalue weighted by atomic mass is 35.5. The van der Waals surface area contributed by atoms with Crippen LogP contribution in [0.5, 0.6) is 11.5 Å². The molecule has 1 aliphatic heterocycles. The molecule has 1 amide bonds. The Morgan fingerprint density at radius 2 is 2.03 bits per heavy atom. The van der Waals surface area contributed by atoms with Crippen LogP contribution in [0.15, 0.2) is 65.9 Å². The van der Waals surface area contributed by atoms with Gasteiger partial charge in [0.05, 0.1) is 6.54 Å². The van der Waals surface area contributed by atoms with Gasteiger partial charge in [0, 0.05) is 28.7 Å². The minimum atomic E-state index is -0.328. The summed E-state index contributed by atoms with van der Waals surface area (Å²) in [4.78, 5) is 21.5. The van der Waals surface area contributed by atoms with E-state index >= 15 is 0 Å². The maximum absolute atomic E-state index is 12.8. The number of carbonyl (C=O) groups is 1. The smallest absolute Gasteiger partial charge is 0.258 e. The normalized spacial score (nSPS) is 12.5. The van der Waals surface area contributed by atoms with Crippen LogP contribution in [0.3, 0.4) is 0 Å². The number of ether oxygens (including phenoxy) is 2. The van der Waals surface area contributed by atoms with Crippen molar-refractivity contribution < 1.29 is 14.3 Å². The molecule has 1 aliphatic rings. The molecule has 2 aromatic carbocycles. The van der Waals surface area contributed by atoms with E-state index in [0.717, 1.165) is 16.8 Å². The summed E-state index contributed by atoms with van der Waals surface area (Å²) in [5, 5.41) is 6.58. The number of aryl methyl sites for hydroxylation is 1. The molecule has 3 aromatic rings. The first-order valence-corrected chi connectivity index (χ1v) is 9.64. The lowest BCUT2D eigenvalue weighted by atomic mass is 10.2. The van der Waals surface area contributed by atoms with E-state index in [1.54, 1.807) is 42.7 Å². The van der Waals surface area contributed by atoms with Gasteiger partial charge in [0.25, 0.3) is 5.91 Å². The van der Waals surface area contributed by atoms with Crippen molar-refractivity contribution >= 4 is 29.2 Å². The molecule has 0 fully saturated rings. The van der Waals surface area contributed by atoms with Crippen molar-refractivity contribution in [1.29, 1.82) is 0 Å². The van der Waals surface area contributed by atoms with Gasteiger partial charge in [-0.25, -0.2) is 4.99 Å². The van der Waals surface area contributed by atoms with Crippen LogP contribution in [0.2, 0.25) is 5.02 Å². The molecule has 1 aromatic heterocycles. The summed E-state index contributed by atoms with van der Waals surface area (Å²) in [6, 6.07) is 14.3. The second-order valence-electron chi connectivity index (χ2n) is 6.63. The number of anilines is 1. The lowest BCUT2D eigenvalue weighted by Crippen LogP contribution is -2.36. The number of aromatic nitrogens is 1. The number of nitrogens with zero attached hydrogens (tertiary/aromatic N) is 2. The van der Waals surface area contributed by atoms with Crippen molar-refractivity contribution in [2.45, 2.75) is 13.5 Å². The Labute approximate surface area is 178 Å². The number of nitrogens with one attached hydrogen (secondary N) is 2. The zero-order valence-corrected chi connectivity index (χ0v) is 16.9. The van der Waals surface area contributed by atoms with Gasteiger partial charge in [0.2, 0.25) is 12.8 Å². The number of hydrogen-bond donors (Lipinski definition) is 2. The topological polar surface area (TPSA) is 84.8 Å². The quantitative estimate of drug-likeness (QED) is 0.487. The van der Waals surface area contributed by atoms with Crippen molar-refractivity contribution in [3.8, 4) is 11.5 Å². The Hall–Kier alpha value is -3.58. The van der Waals surface area contributed by atoms with Crippen LogP contribution in [0.4, 0.5) is 5.69 Å². The third-order valence-corrected chi connectivity index (χ3v) is 4.70. The Morgan fingerprint density at radius 1 is 1.17 bits per heavy atom. The first-order chi connectivity index (χ1) is 14.6. The van der Waals surface area contributed by atoms with Gasteiger partial charge in [-0.15, -0.1) is 0 Å². The third kappa shape index (κ3) is 4.69. The fraction of sp³-hybridized carbons (Fsp3) is 0.136. The van der Waals surface area contributed by atoms with Gasteiger partial charge in [-0.2, -0.15) is 0 Å². The van der Waals surface area contributed by atoms with Crippen molar-refractivity contribution in [2.24, 2.45) is 4.99 Å². The van der Waals surface area contributed by atoms with Gasteiger partial charge in [-0.1, -0.05) is 23.7 Å². The predicted octanol–water partition coefficient (Wildman–Crippen LogP) is 4.17. The molecule has 0 radical (unpaired) electrons. The van der Waals surface area contributed by atoms with Crippen LogP contribution in [-0.2, 0) is 6.54 Å². The lowest BCUT2D eigenvalue weighted by molar-refractivity contribution is 0.0976. The van der Waals surface area contributed by atoms with Gasteiger partial charge in [0.1, 0.15) is 0 Å². The van der Waals surface area contributed by atoms with Gasteiger partial charge in [0.15, 0.2) is 11.5 Å². The number of hydrogen-bond acceptors (Lipinski definition) is 5. The zero-order chi connectivity index (χ0) is 20.9. The molecule has 0 saturated carbocycles. The molecular formula is C22H19ClN4O3. The second-order valence-corrected chi connectivity index (χ2v) is 7.07. The number of guanidine groups is 1. The summed E-state index contributed by atoms with van der Waals surface area (Å²) in [7, 11) is 0. The average molecular weight is 423 g/mol. The predicted molar refractivity (Wildman–Crippen MR) is 115 cm³/mol. The van der Waals surface area contributed by atoms with E-state index in [1.807, 2.05) is 25.1 Å². The molecule has 0 bridgehead atoms. The highest BCUT2D eigenvalue weighted by Crippen LogP contribution is 2.32. The Bertz CT molecular complexity index is 1100. The first kappa shape index (κ1) is 19.7. The van der Waals surface area contributed by atoms with Crippen LogP contribution >= 0.6 is 11.6 Å². The van der Waals surface area contributed by atoms with E-state index < -0.39 is 0 Å². The van der Waals surface area contributed by atoms with Crippen LogP contribution in [-0.4, -0.2) is 23.6 Å². The van der Waals surface area contributed by atoms with E-state index in [2.05, 4.69) is 20.6 Å². The summed E-state index contributed by atoms with van der Waals surface area (Å²) in [6.07, 6.45) is 3.43. The van der Waals surface area contributed by atoms with Crippen LogP contribution in [0, 0.1) is 6.92 Å². The van der Waals surface area contributed by atoms with Gasteiger partial charge >= 0.3 is 0 Å². The summed E-state index contributed by atoms with van der Waals surface area (Å²) < 4.78 is 10.7. The number of fused-ring (bicyclic) bond motifs is 1. The second kappa shape index (κ2) is 8.84. The largest absolute Gasteiger partial charge is 0.454 e. The number of carbonyl (C=O) groups excluding carboxylic acids is 1. The van der Waals surface area contributed by atoms with Gasteiger partial charge in [-0.05, 0) is 54.4 Å². The minimum absolute atomic E-state index is 0.147. The summed E-state index contributed by atoms with van der Waals surface area (Å²) >= 11 is 6.13. The molecule has 0 saturated heterocycles. The van der Waals surface area contributed by atoms with E-state index in [-0.39, 0.29) is 12.7 Å². The Kier molecular flexibility index (Phi) is 5.81. The lowest BCUT2D eigenvalue weighted by Gasteiger charge is -2.14. The zero-order valence-electron chi connectivity index (χ0n) is 16.2. The maximum Gasteiger partial charge on any atom is 0.258 e. The molecule has 4 rings (SSSR count). The highest BCUT2D eigenvalue weighted by Gasteiger charge is 2.17. The molecule has 152 valence electrons. The standard InChI is InChI=1S/C22H19ClN4O3/c1-14-4-6-17(23)10-18(14)26-22(25-12-15-3-2-8-24-11-15)27-21(28)16-5-7-19-20(9-16)30-13-29-19/h2-11H,12-13H2,1H3,(H2,25,26,27,28). The average Bonchev–Trinajstić information content (AvgIpc) is 3.23. The molecule has 0 aliphatic carbocycles. The molecule has 30 heavy (non-hydrogen) atoms. The van der Waals surface area contributed by atoms with Gasteiger partial charge < -0.3 is 14.8 Å². The van der Waals surface area contributed by atoms with Crippen molar-refractivity contribution in [3.63, 3.8) is 0 Å². The van der Waals surface area contributed by atoms with Crippen LogP contribution < -0.4 is 20.1 Å². The van der Waals surface area contributed by atoms with Crippen molar-refractivity contribution in [2.75, 3.05) is 12.1 Å². The number of benzene rings is 2. The van der Waals surface area contributed by atoms with Crippen molar-refractivity contribution in [1.82, 2.24) is 10.3 Å². The molecular weight excluding hydrogens is 404 g/mol. The third-order valence-electron chi connectivity index (χ3n) is 4.46. The molecule has 2 heterocycles. The molecule has 7 nitrogen and oxygen atoms in total. The van der Waals surface area contributed by atoms with Crippen LogP contribution in [0.1, 0.15) is 21.5 Å². The maximum atomic E-state index is 12.8. The summed E-state index contributed by atoms with van der Waals surface area (Å²) in [6.45, 7) is 2.43. The summed E-state index contributed by atoms with van der Waals surface area (Å²) in [5.41, 5.74) is 3.05. The van der Waals surface area contributed by atoms with Crippen LogP contribution in [0.25, 0.3) is 0 Å². The fourth-order valence-electron chi connectivity index (χ4n) is 2.85. The summed E-state index contributed by atoms with van der Waals surface area (Å²) in [5.74, 6) is 1.12. The molecule has 8 heteroatoms. The van der Waals surface area contributed by atoms with E-state index in [9.17, 15) is 4.79 Å². The number of aliphatic imine (C=N–C) groups is 1. The van der Waals surface area contributed by atoms with Crippen molar-refractivity contribution in [3.05, 3.63) is 82.6 Å². The first-order valence-electron chi connectivity index (χ1n) is 9.26. The monoisotopic (exact) mass is 422 g/mol. The molecule has 0 spiro atoms. The SMILES string of the molecule is Cc1ccc(Cl)cc1NC(=NCc1cccnc1)NC(=O)c1ccc2c(c1)OCO2. The molecule has 2 N–H and O–H groups in total. The molecule has 0 unspecified atom stereocenters. The molecule has 0 atom stereocenters. The van der Waals surface area contributed by atoms with Gasteiger partial charge in [-0.3, -0.25) is 15.1 Å². The number of amides is 1. The van der Waals surface area contributed by atoms with E-state index in [4.69, 9.17) is 21.1 Å². The van der Waals surface area contributed by atoms with E-state index in [1.165, 1.54) is 0 Å². The fourth-order valence-corrected chi connectivity index (χ4v) is 3.02. The number of rotatable bonds is 4. The Balaban J connectivity index is 1.57. The number of halogens is 1. The number of pyridine rings is 1. The van der Waals surface area contributed by atoms with E-state index in [0.29, 0.717) is 34.6 Å². The minimum Gasteiger partial charge on any atom is -0.454 e. The highest BCUT2D eigenvalue weighted by molar-refractivity contribution is 6.31. The Morgan fingerprint density at radius 3 is 2.87 bits per heavy atom.